The number of aliphatic hydroxyl groups is 1. The first kappa shape index (κ1) is 24.6. The van der Waals surface area contributed by atoms with Crippen molar-refractivity contribution in [2.75, 3.05) is 41.3 Å². The van der Waals surface area contributed by atoms with Crippen LogP contribution in [-0.4, -0.2) is 61.7 Å². The van der Waals surface area contributed by atoms with Crippen molar-refractivity contribution in [1.82, 2.24) is 5.32 Å². The van der Waals surface area contributed by atoms with Crippen LogP contribution in [0.15, 0.2) is 30.3 Å². The van der Waals surface area contributed by atoms with Gasteiger partial charge in [-0.05, 0) is 42.7 Å². The highest BCUT2D eigenvalue weighted by atomic mass is 35.5. The van der Waals surface area contributed by atoms with Crippen molar-refractivity contribution in [3.63, 3.8) is 0 Å². The predicted octanol–water partition coefficient (Wildman–Crippen LogP) is 3.08. The minimum Gasteiger partial charge on any atom is -0.442 e. The number of amides is 2. The van der Waals surface area contributed by atoms with E-state index in [0.29, 0.717) is 21.4 Å². The molecular formula is C23H30ClN5O4S. The van der Waals surface area contributed by atoms with Gasteiger partial charge in [-0.15, -0.1) is 11.3 Å². The van der Waals surface area contributed by atoms with E-state index in [0.717, 1.165) is 30.9 Å². The molecule has 0 saturated carbocycles. The average Bonchev–Trinajstić information content (AvgIpc) is 3.52. The summed E-state index contributed by atoms with van der Waals surface area (Å²) in [6.45, 7) is 5.90. The number of carbonyl (C=O) groups is 2. The molecule has 4 rings (SSSR count). The van der Waals surface area contributed by atoms with Crippen LogP contribution in [0.1, 0.15) is 29.9 Å². The molecule has 0 spiro atoms. The fourth-order valence-electron chi connectivity index (χ4n) is 3.98. The molecule has 34 heavy (non-hydrogen) atoms. The number of halogens is 1. The molecule has 5 N–H and O–H groups in total. The summed E-state index contributed by atoms with van der Waals surface area (Å²) >= 11 is 7.08. The van der Waals surface area contributed by atoms with Crippen LogP contribution in [0, 0.1) is 5.92 Å². The zero-order chi connectivity index (χ0) is 24.4. The second-order valence-electron chi connectivity index (χ2n) is 8.96. The number of nitrogens with zero attached hydrogens (tertiary/aromatic N) is 2. The number of nitrogens with two attached hydrogens (primary N) is 1. The number of rotatable bonds is 8. The summed E-state index contributed by atoms with van der Waals surface area (Å²) in [6.07, 6.45) is -0.813. The lowest BCUT2D eigenvalue weighted by molar-refractivity contribution is 0.0920. The third kappa shape index (κ3) is 5.57. The summed E-state index contributed by atoms with van der Waals surface area (Å²) in [5.74, 6) is -0.256. The molecule has 11 heteroatoms. The van der Waals surface area contributed by atoms with E-state index in [1.54, 1.807) is 12.1 Å². The number of hydrogen-bond acceptors (Lipinski definition) is 8. The van der Waals surface area contributed by atoms with Crippen LogP contribution in [0.5, 0.6) is 0 Å². The van der Waals surface area contributed by atoms with Gasteiger partial charge in [0, 0.05) is 24.8 Å². The summed E-state index contributed by atoms with van der Waals surface area (Å²) in [4.78, 5) is 29.1. The highest BCUT2D eigenvalue weighted by molar-refractivity contribution is 7.18. The third-order valence-corrected chi connectivity index (χ3v) is 7.18. The molecule has 2 fully saturated rings. The quantitative estimate of drug-likeness (QED) is 0.405. The summed E-state index contributed by atoms with van der Waals surface area (Å²) in [7, 11) is 0. The second kappa shape index (κ2) is 10.4. The van der Waals surface area contributed by atoms with E-state index in [2.05, 4.69) is 15.5 Å². The maximum Gasteiger partial charge on any atom is 0.414 e. The lowest BCUT2D eigenvalue weighted by atomic mass is 10.1. The van der Waals surface area contributed by atoms with Crippen LogP contribution in [0.3, 0.4) is 0 Å². The van der Waals surface area contributed by atoms with Crippen molar-refractivity contribution >= 4 is 52.0 Å². The Morgan fingerprint density at radius 3 is 2.76 bits per heavy atom. The largest absolute Gasteiger partial charge is 0.442 e. The van der Waals surface area contributed by atoms with Gasteiger partial charge in [0.05, 0.1) is 33.7 Å². The van der Waals surface area contributed by atoms with E-state index in [-0.39, 0.29) is 24.4 Å². The Kier molecular flexibility index (Phi) is 7.51. The predicted molar refractivity (Wildman–Crippen MR) is 135 cm³/mol. The molecule has 2 aliphatic rings. The van der Waals surface area contributed by atoms with Crippen molar-refractivity contribution in [3.05, 3.63) is 39.5 Å². The zero-order valence-corrected chi connectivity index (χ0v) is 20.7. The molecule has 3 atom stereocenters. The van der Waals surface area contributed by atoms with Gasteiger partial charge in [0.15, 0.2) is 0 Å². The fraction of sp³-hybridized carbons (Fsp3) is 0.478. The van der Waals surface area contributed by atoms with Crippen LogP contribution in [-0.2, 0) is 4.74 Å². The second-order valence-corrected chi connectivity index (χ2v) is 10.7. The number of carbonyl (C=O) groups excluding carboxylic acids is 2. The Morgan fingerprint density at radius 1 is 1.32 bits per heavy atom. The first-order valence-corrected chi connectivity index (χ1v) is 12.5. The van der Waals surface area contributed by atoms with Gasteiger partial charge in [0.1, 0.15) is 12.3 Å². The number of cyclic esters (lactones) is 1. The Labute approximate surface area is 207 Å². The van der Waals surface area contributed by atoms with Crippen molar-refractivity contribution in [2.24, 2.45) is 11.7 Å². The Bertz CT molecular complexity index is 1050. The third-order valence-electron chi connectivity index (χ3n) is 5.95. The maximum atomic E-state index is 12.6. The smallest absolute Gasteiger partial charge is 0.414 e. The number of hydrogen-bond donors (Lipinski definition) is 4. The van der Waals surface area contributed by atoms with E-state index in [1.807, 2.05) is 32.0 Å². The lowest BCUT2D eigenvalue weighted by Gasteiger charge is -2.27. The van der Waals surface area contributed by atoms with Gasteiger partial charge in [-0.3, -0.25) is 9.69 Å². The highest BCUT2D eigenvalue weighted by Gasteiger charge is 2.33. The van der Waals surface area contributed by atoms with Crippen molar-refractivity contribution in [2.45, 2.75) is 38.6 Å². The van der Waals surface area contributed by atoms with Crippen LogP contribution in [0.4, 0.5) is 21.9 Å². The first-order valence-electron chi connectivity index (χ1n) is 11.3. The average molecular weight is 508 g/mol. The Hall–Kier alpha value is -2.53. The van der Waals surface area contributed by atoms with Gasteiger partial charge in [-0.2, -0.15) is 0 Å². The number of nitrogens with one attached hydrogen (secondary N) is 2. The van der Waals surface area contributed by atoms with E-state index >= 15 is 0 Å². The summed E-state index contributed by atoms with van der Waals surface area (Å²) < 4.78 is 6.01. The maximum absolute atomic E-state index is 12.6. The molecule has 2 saturated heterocycles. The molecule has 1 aromatic heterocycles. The first-order chi connectivity index (χ1) is 16.2. The topological polar surface area (TPSA) is 120 Å². The normalized spacial score (nSPS) is 21.2. The number of aliphatic hydroxyl groups excluding tert-OH is 1. The Morgan fingerprint density at radius 2 is 2.12 bits per heavy atom. The van der Waals surface area contributed by atoms with Gasteiger partial charge in [-0.1, -0.05) is 25.4 Å². The molecule has 9 nitrogen and oxygen atoms in total. The number of ether oxygens (including phenoxy) is 1. The Balaban J connectivity index is 1.46. The summed E-state index contributed by atoms with van der Waals surface area (Å²) in [6, 6.07) is 9.08. The standard InChI is InChI=1S/C23H30ClN5O4S/c1-13(2)21(30)27-17-9-15(3-4-18(17)28-8-7-14(25)11-28)29-12-16(33-23(29)32)10-26-22(31)19-5-6-20(24)34-19/h3-6,9,13-14,16,21,27,30H,7-8,10-12,25H2,1-2H3,(H,26,31). The molecule has 0 aliphatic carbocycles. The van der Waals surface area contributed by atoms with E-state index in [9.17, 15) is 14.7 Å². The number of thiophene rings is 1. The molecule has 0 radical (unpaired) electrons. The molecule has 2 amide bonds. The van der Waals surface area contributed by atoms with E-state index in [4.69, 9.17) is 22.1 Å². The fourth-order valence-corrected chi connectivity index (χ4v) is 4.94. The van der Waals surface area contributed by atoms with Gasteiger partial charge in [0.25, 0.3) is 5.91 Å². The molecule has 2 aromatic rings. The molecule has 3 heterocycles. The van der Waals surface area contributed by atoms with Crippen LogP contribution >= 0.6 is 22.9 Å². The van der Waals surface area contributed by atoms with Crippen molar-refractivity contribution in [1.29, 1.82) is 0 Å². The zero-order valence-electron chi connectivity index (χ0n) is 19.2. The van der Waals surface area contributed by atoms with E-state index < -0.39 is 18.4 Å². The minimum atomic E-state index is -0.746. The van der Waals surface area contributed by atoms with Crippen LogP contribution < -0.4 is 26.2 Å². The van der Waals surface area contributed by atoms with Crippen LogP contribution in [0.2, 0.25) is 4.34 Å². The van der Waals surface area contributed by atoms with E-state index in [1.165, 1.54) is 16.2 Å². The molecule has 0 bridgehead atoms. The summed E-state index contributed by atoms with van der Waals surface area (Å²) in [5.41, 5.74) is 8.41. The van der Waals surface area contributed by atoms with Gasteiger partial charge < -0.3 is 31.1 Å². The van der Waals surface area contributed by atoms with Gasteiger partial charge >= 0.3 is 6.09 Å². The highest BCUT2D eigenvalue weighted by Crippen LogP contribution is 2.35. The van der Waals surface area contributed by atoms with Crippen molar-refractivity contribution in [3.8, 4) is 0 Å². The lowest BCUT2D eigenvalue weighted by Crippen LogP contribution is -2.34. The molecule has 3 unspecified atom stereocenters. The van der Waals surface area contributed by atoms with Gasteiger partial charge in [0.2, 0.25) is 0 Å². The van der Waals surface area contributed by atoms with Gasteiger partial charge in [-0.25, -0.2) is 4.79 Å². The SMILES string of the molecule is CC(C)C(O)Nc1cc(N2CC(CNC(=O)c3ccc(Cl)s3)OC2=O)ccc1N1CCC(N)C1. The molecule has 1 aromatic carbocycles. The molecule has 184 valence electrons. The van der Waals surface area contributed by atoms with Crippen molar-refractivity contribution < 1.29 is 19.4 Å². The number of anilines is 3. The number of benzene rings is 1. The van der Waals surface area contributed by atoms with Crippen LogP contribution in [0.25, 0.3) is 0 Å². The molecule has 2 aliphatic heterocycles. The monoisotopic (exact) mass is 507 g/mol. The summed E-state index contributed by atoms with van der Waals surface area (Å²) in [5, 5.41) is 16.4. The minimum absolute atomic E-state index is 0.000288. The molecular weight excluding hydrogens is 478 g/mol.